The van der Waals surface area contributed by atoms with Gasteiger partial charge in [-0.25, -0.2) is 0 Å². The Morgan fingerprint density at radius 3 is 2.74 bits per heavy atom. The summed E-state index contributed by atoms with van der Waals surface area (Å²) in [4.78, 5) is 12.0. The molecule has 0 bridgehead atoms. The van der Waals surface area contributed by atoms with Crippen LogP contribution in [0.5, 0.6) is 11.5 Å². The van der Waals surface area contributed by atoms with Gasteiger partial charge in [0.15, 0.2) is 11.5 Å². The summed E-state index contributed by atoms with van der Waals surface area (Å²) in [6.45, 7) is 4.09. The van der Waals surface area contributed by atoms with Crippen LogP contribution in [0.3, 0.4) is 0 Å². The maximum absolute atomic E-state index is 12.0. The quantitative estimate of drug-likeness (QED) is 0.890. The number of carbonyl (C=O) groups excluding carboxylic acids is 1. The van der Waals surface area contributed by atoms with Crippen molar-refractivity contribution < 1.29 is 14.3 Å². The van der Waals surface area contributed by atoms with Crippen molar-refractivity contribution >= 4 is 23.2 Å². The lowest BCUT2D eigenvalue weighted by Crippen LogP contribution is -2.40. The monoisotopic (exact) mass is 284 g/mol. The number of benzene rings is 1. The number of ether oxygens (including phenoxy) is 2. The molecule has 104 valence electrons. The number of halogens is 1. The SMILES string of the molecule is CC[C@H](C)[C@H](N)C(=O)Nc1cc2c(cc1Cl)OCO2. The number of amides is 1. The van der Waals surface area contributed by atoms with Gasteiger partial charge in [0.25, 0.3) is 0 Å². The highest BCUT2D eigenvalue weighted by Gasteiger charge is 2.22. The summed E-state index contributed by atoms with van der Waals surface area (Å²) >= 11 is 6.08. The van der Waals surface area contributed by atoms with Gasteiger partial charge in [0.05, 0.1) is 16.8 Å². The third kappa shape index (κ3) is 2.93. The van der Waals surface area contributed by atoms with E-state index in [1.807, 2.05) is 13.8 Å². The van der Waals surface area contributed by atoms with E-state index in [1.54, 1.807) is 12.1 Å². The highest BCUT2D eigenvalue weighted by molar-refractivity contribution is 6.34. The van der Waals surface area contributed by atoms with Gasteiger partial charge in [-0.15, -0.1) is 0 Å². The Morgan fingerprint density at radius 2 is 2.11 bits per heavy atom. The van der Waals surface area contributed by atoms with Gasteiger partial charge in [0.2, 0.25) is 12.7 Å². The van der Waals surface area contributed by atoms with Crippen LogP contribution in [0.25, 0.3) is 0 Å². The summed E-state index contributed by atoms with van der Waals surface area (Å²) in [5.74, 6) is 0.994. The summed E-state index contributed by atoms with van der Waals surface area (Å²) in [5.41, 5.74) is 6.35. The summed E-state index contributed by atoms with van der Waals surface area (Å²) in [7, 11) is 0. The molecule has 0 spiro atoms. The van der Waals surface area contributed by atoms with E-state index in [2.05, 4.69) is 5.32 Å². The number of nitrogens with two attached hydrogens (primary N) is 1. The Labute approximate surface area is 117 Å². The number of rotatable bonds is 4. The molecular weight excluding hydrogens is 268 g/mol. The first-order chi connectivity index (χ1) is 9.02. The Bertz CT molecular complexity index is 493. The third-order valence-electron chi connectivity index (χ3n) is 3.28. The standard InChI is InChI=1S/C13H17ClN2O3/c1-3-7(2)12(15)13(17)16-9-5-11-10(4-8(9)14)18-6-19-11/h4-5,7,12H,3,6,15H2,1-2H3,(H,16,17)/t7-,12-/m0/s1. The molecule has 1 aliphatic rings. The van der Waals surface area contributed by atoms with Crippen molar-refractivity contribution in [2.45, 2.75) is 26.3 Å². The summed E-state index contributed by atoms with van der Waals surface area (Å²) in [6, 6.07) is 2.70. The molecule has 19 heavy (non-hydrogen) atoms. The van der Waals surface area contributed by atoms with E-state index in [1.165, 1.54) is 0 Å². The van der Waals surface area contributed by atoms with Crippen LogP contribution in [0.2, 0.25) is 5.02 Å². The molecule has 0 radical (unpaired) electrons. The largest absolute Gasteiger partial charge is 0.454 e. The lowest BCUT2D eigenvalue weighted by Gasteiger charge is -2.18. The fourth-order valence-corrected chi connectivity index (χ4v) is 1.94. The van der Waals surface area contributed by atoms with Crippen molar-refractivity contribution in [2.24, 2.45) is 11.7 Å². The average molecular weight is 285 g/mol. The molecule has 0 aromatic heterocycles. The fraction of sp³-hybridized carbons (Fsp3) is 0.462. The van der Waals surface area contributed by atoms with Gasteiger partial charge in [-0.2, -0.15) is 0 Å². The van der Waals surface area contributed by atoms with E-state index in [4.69, 9.17) is 26.8 Å². The van der Waals surface area contributed by atoms with Crippen molar-refractivity contribution in [3.05, 3.63) is 17.2 Å². The molecule has 0 unspecified atom stereocenters. The third-order valence-corrected chi connectivity index (χ3v) is 3.59. The minimum absolute atomic E-state index is 0.104. The minimum atomic E-state index is -0.563. The van der Waals surface area contributed by atoms with Crippen molar-refractivity contribution in [1.29, 1.82) is 0 Å². The molecule has 2 rings (SSSR count). The number of hydrogen-bond donors (Lipinski definition) is 2. The molecule has 1 amide bonds. The topological polar surface area (TPSA) is 73.6 Å². The van der Waals surface area contributed by atoms with Crippen molar-refractivity contribution in [1.82, 2.24) is 0 Å². The second-order valence-electron chi connectivity index (χ2n) is 4.59. The van der Waals surface area contributed by atoms with Crippen LogP contribution in [-0.2, 0) is 4.79 Å². The lowest BCUT2D eigenvalue weighted by molar-refractivity contribution is -0.118. The van der Waals surface area contributed by atoms with Crippen LogP contribution in [0.4, 0.5) is 5.69 Å². The first-order valence-electron chi connectivity index (χ1n) is 6.18. The van der Waals surface area contributed by atoms with Gasteiger partial charge in [0.1, 0.15) is 0 Å². The molecule has 0 fully saturated rings. The summed E-state index contributed by atoms with van der Waals surface area (Å²) in [6.07, 6.45) is 0.837. The van der Waals surface area contributed by atoms with E-state index in [-0.39, 0.29) is 18.6 Å². The van der Waals surface area contributed by atoms with E-state index in [0.29, 0.717) is 22.2 Å². The number of anilines is 1. The Hall–Kier alpha value is -1.46. The molecule has 0 aliphatic carbocycles. The van der Waals surface area contributed by atoms with Gasteiger partial charge in [-0.3, -0.25) is 4.79 Å². The first-order valence-corrected chi connectivity index (χ1v) is 6.56. The van der Waals surface area contributed by atoms with Gasteiger partial charge < -0.3 is 20.5 Å². The maximum atomic E-state index is 12.0. The molecule has 6 heteroatoms. The molecule has 1 aromatic rings. The zero-order valence-electron chi connectivity index (χ0n) is 10.9. The van der Waals surface area contributed by atoms with Crippen LogP contribution in [0.1, 0.15) is 20.3 Å². The Kier molecular flexibility index (Phi) is 4.17. The summed E-state index contributed by atoms with van der Waals surface area (Å²) < 4.78 is 10.4. The highest BCUT2D eigenvalue weighted by atomic mass is 35.5. The minimum Gasteiger partial charge on any atom is -0.454 e. The number of nitrogens with one attached hydrogen (secondary N) is 1. The zero-order valence-corrected chi connectivity index (χ0v) is 11.7. The molecule has 0 saturated carbocycles. The van der Waals surface area contributed by atoms with Crippen LogP contribution in [0, 0.1) is 5.92 Å². The number of fused-ring (bicyclic) bond motifs is 1. The Morgan fingerprint density at radius 1 is 1.47 bits per heavy atom. The molecule has 5 nitrogen and oxygen atoms in total. The van der Waals surface area contributed by atoms with E-state index >= 15 is 0 Å². The lowest BCUT2D eigenvalue weighted by atomic mass is 9.99. The van der Waals surface area contributed by atoms with Crippen LogP contribution >= 0.6 is 11.6 Å². The molecule has 1 heterocycles. The smallest absolute Gasteiger partial charge is 0.241 e. The second kappa shape index (κ2) is 5.67. The Balaban J connectivity index is 2.13. The molecule has 3 N–H and O–H groups in total. The molecule has 2 atom stereocenters. The molecular formula is C13H17ClN2O3. The molecule has 1 aliphatic heterocycles. The van der Waals surface area contributed by atoms with Gasteiger partial charge >= 0.3 is 0 Å². The van der Waals surface area contributed by atoms with Crippen molar-refractivity contribution in [3.8, 4) is 11.5 Å². The van der Waals surface area contributed by atoms with Crippen molar-refractivity contribution in [3.63, 3.8) is 0 Å². The van der Waals surface area contributed by atoms with E-state index in [9.17, 15) is 4.79 Å². The van der Waals surface area contributed by atoms with Gasteiger partial charge in [-0.1, -0.05) is 31.9 Å². The van der Waals surface area contributed by atoms with Gasteiger partial charge in [0, 0.05) is 12.1 Å². The van der Waals surface area contributed by atoms with Crippen LogP contribution in [-0.4, -0.2) is 18.7 Å². The second-order valence-corrected chi connectivity index (χ2v) is 4.99. The number of carbonyl (C=O) groups is 1. The van der Waals surface area contributed by atoms with Gasteiger partial charge in [-0.05, 0) is 5.92 Å². The van der Waals surface area contributed by atoms with Crippen LogP contribution < -0.4 is 20.5 Å². The molecule has 1 aromatic carbocycles. The van der Waals surface area contributed by atoms with E-state index < -0.39 is 6.04 Å². The maximum Gasteiger partial charge on any atom is 0.241 e. The number of hydrogen-bond acceptors (Lipinski definition) is 4. The predicted molar refractivity (Wildman–Crippen MR) is 73.6 cm³/mol. The fourth-order valence-electron chi connectivity index (χ4n) is 1.74. The zero-order chi connectivity index (χ0) is 14.0. The first kappa shape index (κ1) is 14.0. The molecule has 0 saturated heterocycles. The average Bonchev–Trinajstić information content (AvgIpc) is 2.84. The predicted octanol–water partition coefficient (Wildman–Crippen LogP) is 2.38. The van der Waals surface area contributed by atoms with Crippen molar-refractivity contribution in [2.75, 3.05) is 12.1 Å². The summed E-state index contributed by atoms with van der Waals surface area (Å²) in [5, 5.41) is 3.12. The van der Waals surface area contributed by atoms with Crippen LogP contribution in [0.15, 0.2) is 12.1 Å². The highest BCUT2D eigenvalue weighted by Crippen LogP contribution is 2.39. The normalized spacial score (nSPS) is 16.0. The van der Waals surface area contributed by atoms with E-state index in [0.717, 1.165) is 6.42 Å².